The summed E-state index contributed by atoms with van der Waals surface area (Å²) in [6.07, 6.45) is 2.72. The largest absolute Gasteiger partial charge is 0.497 e. The molecule has 7 heteroatoms. The number of anilines is 1. The van der Waals surface area contributed by atoms with E-state index in [4.69, 9.17) is 4.74 Å². The first-order valence-corrected chi connectivity index (χ1v) is 8.95. The Morgan fingerprint density at radius 1 is 1.30 bits per heavy atom. The maximum absolute atomic E-state index is 12.5. The zero-order valence-electron chi connectivity index (χ0n) is 15.6. The molecule has 2 aromatic rings. The Balaban J connectivity index is 1.54. The number of methoxy groups -OCH3 is 1. The Hall–Kier alpha value is -3.09. The van der Waals surface area contributed by atoms with E-state index in [1.165, 1.54) is 0 Å². The minimum absolute atomic E-state index is 0.0637. The van der Waals surface area contributed by atoms with Crippen LogP contribution in [0, 0.1) is 0 Å². The lowest BCUT2D eigenvalue weighted by Gasteiger charge is -2.17. The van der Waals surface area contributed by atoms with Crippen molar-refractivity contribution in [1.82, 2.24) is 15.2 Å². The van der Waals surface area contributed by atoms with Gasteiger partial charge in [0.05, 0.1) is 18.7 Å². The zero-order chi connectivity index (χ0) is 19.2. The van der Waals surface area contributed by atoms with Gasteiger partial charge in [-0.05, 0) is 36.2 Å². The molecule has 0 saturated carbocycles. The fourth-order valence-electron chi connectivity index (χ4n) is 3.19. The molecule has 142 valence electrons. The van der Waals surface area contributed by atoms with Crippen LogP contribution in [0.15, 0.2) is 42.6 Å². The second-order valence-corrected chi connectivity index (χ2v) is 6.46. The Morgan fingerprint density at radius 2 is 2.07 bits per heavy atom. The lowest BCUT2D eigenvalue weighted by Crippen LogP contribution is -2.37. The number of benzene rings is 1. The van der Waals surface area contributed by atoms with Crippen LogP contribution in [-0.4, -0.2) is 55.0 Å². The highest BCUT2D eigenvalue weighted by Gasteiger charge is 2.30. The Morgan fingerprint density at radius 3 is 2.78 bits per heavy atom. The third-order valence-corrected chi connectivity index (χ3v) is 4.67. The van der Waals surface area contributed by atoms with Crippen LogP contribution in [0.5, 0.6) is 5.75 Å². The van der Waals surface area contributed by atoms with Gasteiger partial charge < -0.3 is 20.3 Å². The number of amides is 2. The number of carbonyl (C=O) groups is 2. The molecule has 0 spiro atoms. The molecular weight excluding hydrogens is 344 g/mol. The van der Waals surface area contributed by atoms with Crippen molar-refractivity contribution in [2.45, 2.75) is 18.9 Å². The van der Waals surface area contributed by atoms with Crippen LogP contribution in [0.25, 0.3) is 0 Å². The van der Waals surface area contributed by atoms with E-state index < -0.39 is 0 Å². The van der Waals surface area contributed by atoms with Crippen molar-refractivity contribution >= 4 is 17.6 Å². The molecular formula is C20H24N4O3. The summed E-state index contributed by atoms with van der Waals surface area (Å²) in [6, 6.07) is 11.1. The molecule has 1 saturated heterocycles. The van der Waals surface area contributed by atoms with Crippen LogP contribution < -0.4 is 15.4 Å². The highest BCUT2D eigenvalue weighted by atomic mass is 16.5. The van der Waals surface area contributed by atoms with E-state index >= 15 is 0 Å². The first-order chi connectivity index (χ1) is 13.1. The molecule has 1 aliphatic heterocycles. The molecule has 1 aromatic carbocycles. The number of nitrogens with one attached hydrogen (secondary N) is 2. The van der Waals surface area contributed by atoms with Gasteiger partial charge in [-0.3, -0.25) is 9.59 Å². The Kier molecular flexibility index (Phi) is 5.90. The lowest BCUT2D eigenvalue weighted by molar-refractivity contribution is -0.127. The molecule has 2 N–H and O–H groups in total. The molecule has 2 amide bonds. The molecule has 0 unspecified atom stereocenters. The second kappa shape index (κ2) is 8.53. The average molecular weight is 368 g/mol. The van der Waals surface area contributed by atoms with Gasteiger partial charge in [0.25, 0.3) is 5.91 Å². The van der Waals surface area contributed by atoms with E-state index in [1.807, 2.05) is 24.3 Å². The third kappa shape index (κ3) is 4.55. The first-order valence-electron chi connectivity index (χ1n) is 8.95. The zero-order valence-corrected chi connectivity index (χ0v) is 15.6. The summed E-state index contributed by atoms with van der Waals surface area (Å²) in [5.74, 6) is 1.18. The summed E-state index contributed by atoms with van der Waals surface area (Å²) in [5.41, 5.74) is 1.62. The maximum atomic E-state index is 12.5. The number of ether oxygens (including phenoxy) is 1. The first kappa shape index (κ1) is 18.7. The number of pyridine rings is 1. The lowest BCUT2D eigenvalue weighted by atomic mass is 10.1. The fraction of sp³-hybridized carbons (Fsp3) is 0.350. The van der Waals surface area contributed by atoms with Crippen LogP contribution in [0.3, 0.4) is 0 Å². The normalized spacial score (nSPS) is 16.3. The number of hydrogen-bond donors (Lipinski definition) is 2. The number of rotatable bonds is 7. The van der Waals surface area contributed by atoms with Crippen molar-refractivity contribution in [2.75, 3.05) is 32.6 Å². The van der Waals surface area contributed by atoms with Crippen molar-refractivity contribution in [3.8, 4) is 5.75 Å². The molecule has 0 aliphatic carbocycles. The predicted molar refractivity (Wildman–Crippen MR) is 103 cm³/mol. The minimum Gasteiger partial charge on any atom is -0.497 e. The number of likely N-dealkylation sites (tertiary alicyclic amines) is 1. The van der Waals surface area contributed by atoms with Gasteiger partial charge in [-0.25, -0.2) is 4.98 Å². The van der Waals surface area contributed by atoms with Gasteiger partial charge in [0, 0.05) is 32.8 Å². The van der Waals surface area contributed by atoms with Crippen molar-refractivity contribution in [3.05, 3.63) is 53.7 Å². The summed E-state index contributed by atoms with van der Waals surface area (Å²) >= 11 is 0. The van der Waals surface area contributed by atoms with Gasteiger partial charge in [-0.15, -0.1) is 0 Å². The summed E-state index contributed by atoms with van der Waals surface area (Å²) in [4.78, 5) is 30.7. The molecule has 1 fully saturated rings. The number of aromatic nitrogens is 1. The van der Waals surface area contributed by atoms with Crippen LogP contribution in [0.2, 0.25) is 0 Å². The predicted octanol–water partition coefficient (Wildman–Crippen LogP) is 1.71. The molecule has 27 heavy (non-hydrogen) atoms. The van der Waals surface area contributed by atoms with Gasteiger partial charge in [0.15, 0.2) is 0 Å². The Bertz CT molecular complexity index is 807. The second-order valence-electron chi connectivity index (χ2n) is 6.46. The van der Waals surface area contributed by atoms with Crippen LogP contribution in [0.4, 0.5) is 5.82 Å². The molecule has 1 atom stereocenters. The van der Waals surface area contributed by atoms with Crippen molar-refractivity contribution in [3.63, 3.8) is 0 Å². The third-order valence-electron chi connectivity index (χ3n) is 4.67. The topological polar surface area (TPSA) is 83.6 Å². The molecule has 0 radical (unpaired) electrons. The van der Waals surface area contributed by atoms with E-state index in [9.17, 15) is 9.59 Å². The van der Waals surface area contributed by atoms with E-state index in [2.05, 4.69) is 15.6 Å². The van der Waals surface area contributed by atoms with E-state index in [0.717, 1.165) is 17.7 Å². The Labute approximate surface area is 158 Å². The summed E-state index contributed by atoms with van der Waals surface area (Å²) in [5, 5.41) is 5.85. The SMILES string of the molecule is CNc1ncccc1C(=O)N[C@@H]1CC(=O)N(CCc2ccc(OC)cc2)C1. The summed E-state index contributed by atoms with van der Waals surface area (Å²) in [7, 11) is 3.36. The molecule has 3 rings (SSSR count). The standard InChI is InChI=1S/C20H24N4O3/c1-21-19-17(4-3-10-22-19)20(26)23-15-12-18(25)24(13-15)11-9-14-5-7-16(27-2)8-6-14/h3-8,10,15H,9,11-13H2,1-2H3,(H,21,22)(H,23,26)/t15-/m1/s1. The highest BCUT2D eigenvalue weighted by Crippen LogP contribution is 2.16. The molecule has 0 bridgehead atoms. The molecule has 7 nitrogen and oxygen atoms in total. The monoisotopic (exact) mass is 368 g/mol. The van der Waals surface area contributed by atoms with Crippen LogP contribution >= 0.6 is 0 Å². The van der Waals surface area contributed by atoms with Crippen molar-refractivity contribution in [1.29, 1.82) is 0 Å². The van der Waals surface area contributed by atoms with Crippen LogP contribution in [0.1, 0.15) is 22.3 Å². The highest BCUT2D eigenvalue weighted by molar-refractivity contribution is 5.99. The molecule has 1 aromatic heterocycles. The number of carbonyl (C=O) groups excluding carboxylic acids is 2. The van der Waals surface area contributed by atoms with E-state index in [-0.39, 0.29) is 17.9 Å². The number of hydrogen-bond acceptors (Lipinski definition) is 5. The quantitative estimate of drug-likeness (QED) is 0.777. The number of nitrogens with zero attached hydrogens (tertiary/aromatic N) is 2. The minimum atomic E-state index is -0.220. The van der Waals surface area contributed by atoms with Crippen LogP contribution in [-0.2, 0) is 11.2 Å². The van der Waals surface area contributed by atoms with Gasteiger partial charge in [-0.2, -0.15) is 0 Å². The van der Waals surface area contributed by atoms with Gasteiger partial charge in [0.2, 0.25) is 5.91 Å². The van der Waals surface area contributed by atoms with Crippen molar-refractivity contribution < 1.29 is 14.3 Å². The summed E-state index contributed by atoms with van der Waals surface area (Å²) < 4.78 is 5.15. The van der Waals surface area contributed by atoms with Gasteiger partial charge >= 0.3 is 0 Å². The van der Waals surface area contributed by atoms with E-state index in [1.54, 1.807) is 37.4 Å². The molecule has 1 aliphatic rings. The smallest absolute Gasteiger partial charge is 0.255 e. The van der Waals surface area contributed by atoms with Gasteiger partial charge in [0.1, 0.15) is 11.6 Å². The van der Waals surface area contributed by atoms with E-state index in [0.29, 0.717) is 30.9 Å². The van der Waals surface area contributed by atoms with Crippen molar-refractivity contribution in [2.24, 2.45) is 0 Å². The fourth-order valence-corrected chi connectivity index (χ4v) is 3.19. The summed E-state index contributed by atoms with van der Waals surface area (Å²) in [6.45, 7) is 1.15. The molecule has 2 heterocycles. The average Bonchev–Trinajstić information content (AvgIpc) is 3.05. The van der Waals surface area contributed by atoms with Gasteiger partial charge in [-0.1, -0.05) is 12.1 Å². The maximum Gasteiger partial charge on any atom is 0.255 e.